The fourth-order valence-corrected chi connectivity index (χ4v) is 1.88. The van der Waals surface area contributed by atoms with E-state index in [9.17, 15) is 9.59 Å². The first-order valence-corrected chi connectivity index (χ1v) is 6.23. The third kappa shape index (κ3) is 4.92. The smallest absolute Gasteiger partial charge is 0.270 e. The minimum atomic E-state index is -0.227. The lowest BCUT2D eigenvalue weighted by molar-refractivity contribution is -0.114. The molecule has 7 heteroatoms. The highest BCUT2D eigenvalue weighted by Crippen LogP contribution is 2.14. The molecule has 0 saturated heterocycles. The van der Waals surface area contributed by atoms with Crippen LogP contribution in [0.3, 0.4) is 0 Å². The van der Waals surface area contributed by atoms with E-state index in [-0.39, 0.29) is 11.8 Å². The van der Waals surface area contributed by atoms with Gasteiger partial charge in [0.25, 0.3) is 5.91 Å². The van der Waals surface area contributed by atoms with E-state index < -0.39 is 0 Å². The molecule has 17 heavy (non-hydrogen) atoms. The average Bonchev–Trinajstić information content (AvgIpc) is 2.71. The standard InChI is InChI=1S/C10H16N4O2S/c1-7(15)13-10-14-8(6-17-10)9(16)12-5-3-2-4-11/h6H,2-5,11H2,1H3,(H,12,16)(H,13,14,15). The molecule has 0 aromatic carbocycles. The summed E-state index contributed by atoms with van der Waals surface area (Å²) in [6, 6.07) is 0. The predicted octanol–water partition coefficient (Wildman–Crippen LogP) is 0.570. The second kappa shape index (κ2) is 6.97. The Hall–Kier alpha value is -1.47. The maximum absolute atomic E-state index is 11.6. The molecule has 0 aliphatic carbocycles. The zero-order valence-electron chi connectivity index (χ0n) is 9.66. The van der Waals surface area contributed by atoms with Crippen molar-refractivity contribution in [3.63, 3.8) is 0 Å². The number of hydrogen-bond donors (Lipinski definition) is 3. The molecular formula is C10H16N4O2S. The molecule has 0 fully saturated rings. The van der Waals surface area contributed by atoms with Crippen LogP contribution in [0, 0.1) is 0 Å². The largest absolute Gasteiger partial charge is 0.351 e. The van der Waals surface area contributed by atoms with E-state index in [4.69, 9.17) is 5.73 Å². The van der Waals surface area contributed by atoms with Crippen LogP contribution in [-0.2, 0) is 4.79 Å². The van der Waals surface area contributed by atoms with Gasteiger partial charge in [-0.3, -0.25) is 9.59 Å². The van der Waals surface area contributed by atoms with E-state index in [1.165, 1.54) is 18.3 Å². The van der Waals surface area contributed by atoms with E-state index in [2.05, 4.69) is 15.6 Å². The Bertz CT molecular complexity index is 391. The van der Waals surface area contributed by atoms with Crippen molar-refractivity contribution in [2.75, 3.05) is 18.4 Å². The Labute approximate surface area is 104 Å². The molecule has 0 aliphatic rings. The first-order valence-electron chi connectivity index (χ1n) is 5.35. The second-order valence-electron chi connectivity index (χ2n) is 3.47. The zero-order chi connectivity index (χ0) is 12.7. The summed E-state index contributed by atoms with van der Waals surface area (Å²) in [6.45, 7) is 2.61. The van der Waals surface area contributed by atoms with Gasteiger partial charge in [-0.25, -0.2) is 4.98 Å². The lowest BCUT2D eigenvalue weighted by atomic mass is 10.3. The van der Waals surface area contributed by atoms with Crippen molar-refractivity contribution in [3.8, 4) is 0 Å². The van der Waals surface area contributed by atoms with Crippen LogP contribution < -0.4 is 16.4 Å². The number of carbonyl (C=O) groups excluding carboxylic acids is 2. The number of nitrogens with one attached hydrogen (secondary N) is 2. The molecule has 0 aliphatic heterocycles. The van der Waals surface area contributed by atoms with Crippen molar-refractivity contribution in [1.82, 2.24) is 10.3 Å². The van der Waals surface area contributed by atoms with Gasteiger partial charge in [-0.05, 0) is 19.4 Å². The van der Waals surface area contributed by atoms with Crippen LogP contribution in [0.15, 0.2) is 5.38 Å². The Kier molecular flexibility index (Phi) is 5.58. The average molecular weight is 256 g/mol. The van der Waals surface area contributed by atoms with Gasteiger partial charge < -0.3 is 16.4 Å². The van der Waals surface area contributed by atoms with Crippen LogP contribution in [0.4, 0.5) is 5.13 Å². The van der Waals surface area contributed by atoms with Crippen molar-refractivity contribution < 1.29 is 9.59 Å². The summed E-state index contributed by atoms with van der Waals surface area (Å²) in [5.74, 6) is -0.427. The highest BCUT2D eigenvalue weighted by Gasteiger charge is 2.10. The zero-order valence-corrected chi connectivity index (χ0v) is 10.5. The molecule has 1 rings (SSSR count). The van der Waals surface area contributed by atoms with E-state index in [0.29, 0.717) is 23.9 Å². The lowest BCUT2D eigenvalue weighted by Crippen LogP contribution is -2.25. The van der Waals surface area contributed by atoms with Gasteiger partial charge in [0, 0.05) is 18.8 Å². The fraction of sp³-hybridized carbons (Fsp3) is 0.500. The number of hydrogen-bond acceptors (Lipinski definition) is 5. The lowest BCUT2D eigenvalue weighted by Gasteiger charge is -2.01. The minimum absolute atomic E-state index is 0.200. The van der Waals surface area contributed by atoms with E-state index in [1.807, 2.05) is 0 Å². The van der Waals surface area contributed by atoms with Crippen molar-refractivity contribution in [2.24, 2.45) is 5.73 Å². The van der Waals surface area contributed by atoms with Crippen molar-refractivity contribution in [3.05, 3.63) is 11.1 Å². The Morgan fingerprint density at radius 2 is 2.24 bits per heavy atom. The van der Waals surface area contributed by atoms with Gasteiger partial charge in [-0.15, -0.1) is 11.3 Å². The monoisotopic (exact) mass is 256 g/mol. The number of unbranched alkanes of at least 4 members (excludes halogenated alkanes) is 1. The molecule has 1 heterocycles. The third-order valence-electron chi connectivity index (χ3n) is 1.94. The summed E-state index contributed by atoms with van der Waals surface area (Å²) in [5, 5.41) is 7.32. The van der Waals surface area contributed by atoms with Gasteiger partial charge >= 0.3 is 0 Å². The number of nitrogens with two attached hydrogens (primary N) is 1. The van der Waals surface area contributed by atoms with Gasteiger partial charge in [0.2, 0.25) is 5.91 Å². The molecule has 1 aromatic rings. The molecule has 1 aromatic heterocycles. The Morgan fingerprint density at radius 1 is 1.47 bits per heavy atom. The number of amides is 2. The first kappa shape index (κ1) is 13.6. The highest BCUT2D eigenvalue weighted by atomic mass is 32.1. The molecule has 0 saturated carbocycles. The van der Waals surface area contributed by atoms with Gasteiger partial charge in [0.05, 0.1) is 0 Å². The maximum Gasteiger partial charge on any atom is 0.270 e. The van der Waals surface area contributed by atoms with Crippen LogP contribution in [-0.4, -0.2) is 29.9 Å². The number of thiazole rings is 1. The quantitative estimate of drug-likeness (QED) is 0.648. The minimum Gasteiger partial charge on any atom is -0.351 e. The summed E-state index contributed by atoms with van der Waals surface area (Å²) < 4.78 is 0. The van der Waals surface area contributed by atoms with Gasteiger partial charge in [-0.2, -0.15) is 0 Å². The summed E-state index contributed by atoms with van der Waals surface area (Å²) in [7, 11) is 0. The van der Waals surface area contributed by atoms with Crippen molar-refractivity contribution in [2.45, 2.75) is 19.8 Å². The number of carbonyl (C=O) groups is 2. The van der Waals surface area contributed by atoms with Crippen LogP contribution in [0.2, 0.25) is 0 Å². The molecule has 0 spiro atoms. The van der Waals surface area contributed by atoms with Crippen LogP contribution >= 0.6 is 11.3 Å². The normalized spacial score (nSPS) is 10.0. The number of nitrogens with zero attached hydrogens (tertiary/aromatic N) is 1. The molecule has 0 radical (unpaired) electrons. The summed E-state index contributed by atoms with van der Waals surface area (Å²) in [5.41, 5.74) is 5.67. The van der Waals surface area contributed by atoms with Crippen molar-refractivity contribution >= 4 is 28.3 Å². The molecule has 4 N–H and O–H groups in total. The fourth-order valence-electron chi connectivity index (χ4n) is 1.15. The molecular weight excluding hydrogens is 240 g/mol. The van der Waals surface area contributed by atoms with Gasteiger partial charge in [-0.1, -0.05) is 0 Å². The first-order chi connectivity index (χ1) is 8.13. The van der Waals surface area contributed by atoms with E-state index in [0.717, 1.165) is 12.8 Å². The Balaban J connectivity index is 2.41. The SMILES string of the molecule is CC(=O)Nc1nc(C(=O)NCCCCN)cs1. The van der Waals surface area contributed by atoms with Crippen LogP contribution in [0.5, 0.6) is 0 Å². The second-order valence-corrected chi connectivity index (χ2v) is 4.33. The summed E-state index contributed by atoms with van der Waals surface area (Å²) in [4.78, 5) is 26.4. The topological polar surface area (TPSA) is 97.1 Å². The predicted molar refractivity (Wildman–Crippen MR) is 67.0 cm³/mol. The van der Waals surface area contributed by atoms with Crippen molar-refractivity contribution in [1.29, 1.82) is 0 Å². The summed E-state index contributed by atoms with van der Waals surface area (Å²) in [6.07, 6.45) is 1.74. The third-order valence-corrected chi connectivity index (χ3v) is 2.69. The molecule has 0 bridgehead atoms. The van der Waals surface area contributed by atoms with Gasteiger partial charge in [0.1, 0.15) is 5.69 Å². The van der Waals surface area contributed by atoms with Gasteiger partial charge in [0.15, 0.2) is 5.13 Å². The molecule has 2 amide bonds. The Morgan fingerprint density at radius 3 is 2.88 bits per heavy atom. The maximum atomic E-state index is 11.6. The molecule has 6 nitrogen and oxygen atoms in total. The van der Waals surface area contributed by atoms with E-state index >= 15 is 0 Å². The number of anilines is 1. The molecule has 94 valence electrons. The molecule has 0 atom stereocenters. The van der Waals surface area contributed by atoms with Crippen LogP contribution in [0.25, 0.3) is 0 Å². The summed E-state index contributed by atoms with van der Waals surface area (Å²) >= 11 is 1.23. The molecule has 0 unspecified atom stereocenters. The number of aromatic nitrogens is 1. The van der Waals surface area contributed by atoms with E-state index in [1.54, 1.807) is 5.38 Å². The highest BCUT2D eigenvalue weighted by molar-refractivity contribution is 7.14. The number of rotatable bonds is 6. The van der Waals surface area contributed by atoms with Crippen LogP contribution in [0.1, 0.15) is 30.3 Å².